The molecule has 3 aromatic rings. The Bertz CT molecular complexity index is 1370. The van der Waals surface area contributed by atoms with E-state index in [0.717, 1.165) is 27.2 Å². The van der Waals surface area contributed by atoms with E-state index in [4.69, 9.17) is 16.2 Å². The van der Waals surface area contributed by atoms with E-state index in [1.54, 1.807) is 6.07 Å². The molecule has 172 valence electrons. The summed E-state index contributed by atoms with van der Waals surface area (Å²) in [5, 5.41) is 2.34. The van der Waals surface area contributed by atoms with E-state index in [0.29, 0.717) is 10.5 Å². The third-order valence-electron chi connectivity index (χ3n) is 5.08. The number of aromatic nitrogens is 1. The molecule has 4 rings (SSSR count). The highest BCUT2D eigenvalue weighted by Crippen LogP contribution is 2.37. The highest BCUT2D eigenvalue weighted by molar-refractivity contribution is 7.93. The summed E-state index contributed by atoms with van der Waals surface area (Å²) in [5.74, 6) is -1.42. The summed E-state index contributed by atoms with van der Waals surface area (Å²) in [6.45, 7) is 3.02. The van der Waals surface area contributed by atoms with Gasteiger partial charge in [-0.2, -0.15) is 5.01 Å². The first-order valence-corrected chi connectivity index (χ1v) is 12.3. The van der Waals surface area contributed by atoms with Crippen LogP contribution in [0.1, 0.15) is 24.1 Å². The summed E-state index contributed by atoms with van der Waals surface area (Å²) in [4.78, 5) is 27.9. The second-order valence-electron chi connectivity index (χ2n) is 7.61. The minimum Gasteiger partial charge on any atom is -0.442 e. The third kappa shape index (κ3) is 4.14. The Balaban J connectivity index is 1.83. The molecule has 3 amide bonds. The van der Waals surface area contributed by atoms with E-state index >= 15 is 0 Å². The van der Waals surface area contributed by atoms with Gasteiger partial charge >= 0.3 is 6.03 Å². The molecule has 1 aliphatic heterocycles. The first kappa shape index (κ1) is 22.7. The average Bonchev–Trinajstić information content (AvgIpc) is 3.38. The fraction of sp³-hybridized carbons (Fsp3) is 0.238. The number of sulfone groups is 1. The predicted molar refractivity (Wildman–Crippen MR) is 125 cm³/mol. The number of carbonyl (C=O) groups is 2. The van der Waals surface area contributed by atoms with Crippen LogP contribution in [0.2, 0.25) is 0 Å². The van der Waals surface area contributed by atoms with Crippen molar-refractivity contribution in [2.45, 2.75) is 30.6 Å². The molecule has 0 radical (unpaired) electrons. The number of carbonyl (C=O) groups excluding carboxylic acids is 2. The molecule has 1 aliphatic rings. The number of amides is 3. The van der Waals surface area contributed by atoms with Crippen molar-refractivity contribution in [1.29, 1.82) is 0 Å². The number of nitrogens with two attached hydrogens (primary N) is 2. The van der Waals surface area contributed by atoms with E-state index in [2.05, 4.69) is 10.1 Å². The van der Waals surface area contributed by atoms with Gasteiger partial charge < -0.3 is 16.2 Å². The zero-order valence-electron chi connectivity index (χ0n) is 17.7. The Morgan fingerprint density at radius 2 is 1.79 bits per heavy atom. The minimum atomic E-state index is -3.92. The van der Waals surface area contributed by atoms with Crippen LogP contribution in [0.4, 0.5) is 4.79 Å². The topological polar surface area (TPSA) is 158 Å². The summed E-state index contributed by atoms with van der Waals surface area (Å²) in [6.07, 6.45) is -1.64. The molecule has 0 saturated carbocycles. The zero-order valence-corrected chi connectivity index (χ0v) is 19.3. The van der Waals surface area contributed by atoms with Gasteiger partial charge in [-0.15, -0.1) is 16.4 Å². The number of ether oxygens (including phenoxy) is 1. The molecule has 2 unspecified atom stereocenters. The SMILES string of the molecule is CC(C)S(=O)(=O)C(C1=NN(C(N)=O)C(C(N)=O)O1)c1nc2ccc(-c3ccccc3)cc2s1. The van der Waals surface area contributed by atoms with Crippen LogP contribution in [0.5, 0.6) is 0 Å². The van der Waals surface area contributed by atoms with Gasteiger partial charge in [0.2, 0.25) is 5.90 Å². The lowest BCUT2D eigenvalue weighted by molar-refractivity contribution is -0.129. The zero-order chi connectivity index (χ0) is 23.9. The van der Waals surface area contributed by atoms with E-state index in [9.17, 15) is 18.0 Å². The highest BCUT2D eigenvalue weighted by Gasteiger charge is 2.46. The van der Waals surface area contributed by atoms with E-state index in [1.165, 1.54) is 13.8 Å². The number of nitrogens with zero attached hydrogens (tertiary/aromatic N) is 3. The molecule has 33 heavy (non-hydrogen) atoms. The fourth-order valence-corrected chi connectivity index (χ4v) is 6.12. The van der Waals surface area contributed by atoms with Crippen LogP contribution >= 0.6 is 11.3 Å². The normalized spacial score (nSPS) is 17.1. The molecule has 0 bridgehead atoms. The van der Waals surface area contributed by atoms with Gasteiger partial charge in [0.05, 0.1) is 15.5 Å². The molecule has 0 spiro atoms. The largest absolute Gasteiger partial charge is 0.442 e. The second-order valence-corrected chi connectivity index (χ2v) is 11.3. The molecule has 10 nitrogen and oxygen atoms in total. The Kier molecular flexibility index (Phi) is 5.80. The molecule has 2 heterocycles. The highest BCUT2D eigenvalue weighted by atomic mass is 32.2. The second kappa shape index (κ2) is 8.45. The number of hydrazone groups is 1. The number of hydrogen-bond acceptors (Lipinski definition) is 8. The lowest BCUT2D eigenvalue weighted by atomic mass is 10.1. The Morgan fingerprint density at radius 3 is 2.36 bits per heavy atom. The minimum absolute atomic E-state index is 0.192. The monoisotopic (exact) mass is 487 g/mol. The number of primary amides is 2. The van der Waals surface area contributed by atoms with Crippen LogP contribution < -0.4 is 11.5 Å². The molecule has 12 heteroatoms. The molecule has 2 atom stereocenters. The Labute approximate surface area is 193 Å². The van der Waals surface area contributed by atoms with Gasteiger partial charge in [0, 0.05) is 0 Å². The molecular weight excluding hydrogens is 466 g/mol. The number of rotatable bonds is 6. The maximum absolute atomic E-state index is 13.3. The molecular formula is C21H21N5O5S2. The maximum Gasteiger partial charge on any atom is 0.339 e. The van der Waals surface area contributed by atoms with E-state index in [1.807, 2.05) is 42.5 Å². The number of thiazole rings is 1. The lowest BCUT2D eigenvalue weighted by Crippen LogP contribution is -2.45. The van der Waals surface area contributed by atoms with Crippen LogP contribution in [-0.2, 0) is 19.4 Å². The van der Waals surface area contributed by atoms with Gasteiger partial charge in [-0.05, 0) is 37.1 Å². The van der Waals surface area contributed by atoms with E-state index < -0.39 is 38.5 Å². The molecule has 2 aromatic carbocycles. The Hall–Kier alpha value is -3.51. The first-order valence-electron chi connectivity index (χ1n) is 9.91. The third-order valence-corrected chi connectivity index (χ3v) is 8.70. The van der Waals surface area contributed by atoms with Crippen LogP contribution in [0.25, 0.3) is 21.3 Å². The van der Waals surface area contributed by atoms with Crippen LogP contribution in [-0.4, -0.2) is 47.7 Å². The summed E-state index contributed by atoms with van der Waals surface area (Å²) >= 11 is 1.16. The lowest BCUT2D eigenvalue weighted by Gasteiger charge is -2.18. The van der Waals surface area contributed by atoms with Crippen LogP contribution in [0.3, 0.4) is 0 Å². The smallest absolute Gasteiger partial charge is 0.339 e. The molecule has 0 saturated heterocycles. The van der Waals surface area contributed by atoms with Crippen molar-refractivity contribution in [3.8, 4) is 11.1 Å². The van der Waals surface area contributed by atoms with Gasteiger partial charge in [-0.3, -0.25) is 4.79 Å². The van der Waals surface area contributed by atoms with Crippen molar-refractivity contribution >= 4 is 49.2 Å². The molecule has 1 aromatic heterocycles. The number of urea groups is 1. The van der Waals surface area contributed by atoms with Crippen molar-refractivity contribution in [2.75, 3.05) is 0 Å². The molecule has 4 N–H and O–H groups in total. The quantitative estimate of drug-likeness (QED) is 0.543. The van der Waals surface area contributed by atoms with Crippen molar-refractivity contribution in [3.05, 3.63) is 53.5 Å². The summed E-state index contributed by atoms with van der Waals surface area (Å²) in [7, 11) is -3.92. The van der Waals surface area contributed by atoms with Crippen molar-refractivity contribution < 1.29 is 22.7 Å². The van der Waals surface area contributed by atoms with Crippen LogP contribution in [0, 0.1) is 0 Å². The van der Waals surface area contributed by atoms with E-state index in [-0.39, 0.29) is 10.9 Å². The van der Waals surface area contributed by atoms with Gasteiger partial charge in [0.1, 0.15) is 5.01 Å². The van der Waals surface area contributed by atoms with Gasteiger partial charge in [0.15, 0.2) is 15.1 Å². The standard InChI is InChI=1S/C21H21N5O5S2/c1-11(2)33(29,30)16(18-25-26(21(23)28)20(31-18)17(22)27)19-24-14-9-8-13(10-15(14)32-19)12-6-4-3-5-7-12/h3-11,16,20H,1-2H3,(H2,22,27)(H2,23,28). The summed E-state index contributed by atoms with van der Waals surface area (Å²) < 4.78 is 32.8. The predicted octanol–water partition coefficient (Wildman–Crippen LogP) is 2.36. The van der Waals surface area contributed by atoms with Gasteiger partial charge in [0.25, 0.3) is 12.1 Å². The van der Waals surface area contributed by atoms with Crippen molar-refractivity contribution in [1.82, 2.24) is 9.99 Å². The molecule has 0 fully saturated rings. The number of hydrogen-bond donors (Lipinski definition) is 2. The van der Waals surface area contributed by atoms with Crippen molar-refractivity contribution in [3.63, 3.8) is 0 Å². The van der Waals surface area contributed by atoms with Gasteiger partial charge in [-0.25, -0.2) is 18.2 Å². The number of benzene rings is 2. The first-order chi connectivity index (χ1) is 15.6. The molecule has 0 aliphatic carbocycles. The summed E-state index contributed by atoms with van der Waals surface area (Å²) in [5.41, 5.74) is 13.1. The number of fused-ring (bicyclic) bond motifs is 1. The van der Waals surface area contributed by atoms with Crippen molar-refractivity contribution in [2.24, 2.45) is 16.6 Å². The van der Waals surface area contributed by atoms with Crippen LogP contribution in [0.15, 0.2) is 53.6 Å². The average molecular weight is 488 g/mol. The Morgan fingerprint density at radius 1 is 1.09 bits per heavy atom. The fourth-order valence-electron chi connectivity index (χ4n) is 3.33. The van der Waals surface area contributed by atoms with Gasteiger partial charge in [-0.1, -0.05) is 36.4 Å². The summed E-state index contributed by atoms with van der Waals surface area (Å²) in [6, 6.07) is 14.2. The maximum atomic E-state index is 13.3.